The Morgan fingerprint density at radius 1 is 1.00 bits per heavy atom. The summed E-state index contributed by atoms with van der Waals surface area (Å²) >= 11 is 0. The van der Waals surface area contributed by atoms with Crippen LogP contribution in [-0.2, 0) is 12.8 Å². The molecule has 5 nitrogen and oxygen atoms in total. The Morgan fingerprint density at radius 3 is 2.88 bits per heavy atom. The quantitative estimate of drug-likeness (QED) is 0.568. The van der Waals surface area contributed by atoms with Crippen molar-refractivity contribution in [2.75, 3.05) is 12.2 Å². The number of ether oxygens (including phenoxy) is 2. The number of nitrogens with one attached hydrogen (secondary N) is 1. The number of hydrogen-bond acceptors (Lipinski definition) is 5. The number of benzene rings is 2. The third-order valence-electron chi connectivity index (χ3n) is 4.96. The number of nitrogens with zero attached hydrogens (tertiary/aromatic N) is 2. The van der Waals surface area contributed by atoms with Crippen LogP contribution in [-0.4, -0.2) is 18.0 Å². The summed E-state index contributed by atoms with van der Waals surface area (Å²) in [6.07, 6.45) is 6.31. The van der Waals surface area contributed by atoms with Gasteiger partial charge in [-0.2, -0.15) is 5.10 Å². The van der Waals surface area contributed by atoms with Crippen LogP contribution in [0.15, 0.2) is 47.6 Å². The molecule has 0 atom stereocenters. The number of rotatable bonds is 3. The zero-order chi connectivity index (χ0) is 17.3. The zero-order valence-corrected chi connectivity index (χ0v) is 14.4. The highest BCUT2D eigenvalue weighted by atomic mass is 16.7. The van der Waals surface area contributed by atoms with Crippen molar-refractivity contribution >= 4 is 22.8 Å². The van der Waals surface area contributed by atoms with E-state index in [4.69, 9.17) is 14.5 Å². The molecule has 2 aliphatic rings. The van der Waals surface area contributed by atoms with E-state index >= 15 is 0 Å². The van der Waals surface area contributed by atoms with E-state index < -0.39 is 0 Å². The first-order valence-electron chi connectivity index (χ1n) is 8.98. The molecule has 0 amide bonds. The molecule has 0 saturated carbocycles. The molecule has 0 saturated heterocycles. The topological polar surface area (TPSA) is 55.7 Å². The van der Waals surface area contributed by atoms with Gasteiger partial charge in [0.1, 0.15) is 0 Å². The highest BCUT2D eigenvalue weighted by molar-refractivity contribution is 5.94. The molecule has 3 aromatic rings. The molecule has 2 heterocycles. The van der Waals surface area contributed by atoms with Gasteiger partial charge in [0.2, 0.25) is 6.79 Å². The molecule has 1 N–H and O–H groups in total. The van der Waals surface area contributed by atoms with Crippen LogP contribution in [0.4, 0.5) is 5.69 Å². The van der Waals surface area contributed by atoms with Gasteiger partial charge in [0.25, 0.3) is 0 Å². The van der Waals surface area contributed by atoms with Crippen molar-refractivity contribution in [1.82, 2.24) is 4.98 Å². The zero-order valence-electron chi connectivity index (χ0n) is 14.4. The highest BCUT2D eigenvalue weighted by Gasteiger charge is 2.18. The van der Waals surface area contributed by atoms with Crippen LogP contribution in [0, 0.1) is 0 Å². The summed E-state index contributed by atoms with van der Waals surface area (Å²) in [6.45, 7) is 0.281. The van der Waals surface area contributed by atoms with Crippen LogP contribution in [0.2, 0.25) is 0 Å². The second kappa shape index (κ2) is 6.33. The van der Waals surface area contributed by atoms with E-state index in [-0.39, 0.29) is 6.79 Å². The second-order valence-corrected chi connectivity index (χ2v) is 6.62. The predicted octanol–water partition coefficient (Wildman–Crippen LogP) is 4.29. The first kappa shape index (κ1) is 15.2. The van der Waals surface area contributed by atoms with Crippen LogP contribution in [0.1, 0.15) is 29.7 Å². The van der Waals surface area contributed by atoms with E-state index in [1.165, 1.54) is 24.1 Å². The largest absolute Gasteiger partial charge is 0.454 e. The molecule has 5 heteroatoms. The van der Waals surface area contributed by atoms with Gasteiger partial charge in [-0.25, -0.2) is 0 Å². The molecule has 1 aromatic heterocycles. The molecule has 0 unspecified atom stereocenters. The van der Waals surface area contributed by atoms with Crippen molar-refractivity contribution in [1.29, 1.82) is 0 Å². The smallest absolute Gasteiger partial charge is 0.231 e. The maximum absolute atomic E-state index is 5.42. The Balaban J connectivity index is 1.49. The van der Waals surface area contributed by atoms with E-state index in [1.54, 1.807) is 0 Å². The lowest BCUT2D eigenvalue weighted by Crippen LogP contribution is -2.09. The predicted molar refractivity (Wildman–Crippen MR) is 102 cm³/mol. The lowest BCUT2D eigenvalue weighted by atomic mass is 9.93. The fourth-order valence-corrected chi connectivity index (χ4v) is 3.67. The minimum absolute atomic E-state index is 0.281. The van der Waals surface area contributed by atoms with Crippen LogP contribution < -0.4 is 14.9 Å². The maximum atomic E-state index is 5.42. The molecule has 130 valence electrons. The fourth-order valence-electron chi connectivity index (χ4n) is 3.67. The number of aromatic nitrogens is 1. The molecular weight excluding hydrogens is 326 g/mol. The summed E-state index contributed by atoms with van der Waals surface area (Å²) in [5.74, 6) is 1.55. The first-order chi connectivity index (χ1) is 12.9. The average molecular weight is 345 g/mol. The van der Waals surface area contributed by atoms with Gasteiger partial charge < -0.3 is 9.47 Å². The number of pyridine rings is 1. The Morgan fingerprint density at radius 2 is 1.88 bits per heavy atom. The molecule has 0 bridgehead atoms. The number of aryl methyl sites for hydroxylation is 1. The van der Waals surface area contributed by atoms with Gasteiger partial charge in [-0.05, 0) is 61.1 Å². The summed E-state index contributed by atoms with van der Waals surface area (Å²) in [6, 6.07) is 14.1. The lowest BCUT2D eigenvalue weighted by Gasteiger charge is -2.20. The number of anilines is 1. The Kier molecular flexibility index (Phi) is 3.70. The van der Waals surface area contributed by atoms with Gasteiger partial charge in [-0.3, -0.25) is 10.4 Å². The van der Waals surface area contributed by atoms with E-state index in [1.807, 2.05) is 36.5 Å². The second-order valence-electron chi connectivity index (χ2n) is 6.62. The standard InChI is InChI=1S/C21H19N3O2/c1-3-7-17-15(5-1)21(16-6-2-4-8-18(16)23-17)24-22-12-14-9-10-19-20(11-14)26-13-25-19/h1,3,5,7,9-12H,2,4,6,8,13H2,(H,23,24)/b22-12+. The summed E-state index contributed by atoms with van der Waals surface area (Å²) in [5, 5.41) is 5.62. The molecule has 0 fully saturated rings. The van der Waals surface area contributed by atoms with E-state index in [0.717, 1.165) is 46.5 Å². The third-order valence-corrected chi connectivity index (χ3v) is 4.96. The van der Waals surface area contributed by atoms with Crippen molar-refractivity contribution in [3.05, 3.63) is 59.3 Å². The minimum atomic E-state index is 0.281. The van der Waals surface area contributed by atoms with Crippen LogP contribution in [0.5, 0.6) is 11.5 Å². The normalized spacial score (nSPS) is 15.4. The Bertz CT molecular complexity index is 1010. The summed E-state index contributed by atoms with van der Waals surface area (Å²) in [7, 11) is 0. The van der Waals surface area contributed by atoms with E-state index in [2.05, 4.69) is 22.7 Å². The molecule has 1 aliphatic heterocycles. The van der Waals surface area contributed by atoms with Gasteiger partial charge in [-0.15, -0.1) is 0 Å². The summed E-state index contributed by atoms with van der Waals surface area (Å²) in [5.41, 5.74) is 8.87. The van der Waals surface area contributed by atoms with Crippen molar-refractivity contribution in [2.24, 2.45) is 5.10 Å². The number of hydrazone groups is 1. The summed E-state index contributed by atoms with van der Waals surface area (Å²) in [4.78, 5) is 4.86. The maximum Gasteiger partial charge on any atom is 0.231 e. The lowest BCUT2D eigenvalue weighted by molar-refractivity contribution is 0.174. The number of hydrogen-bond donors (Lipinski definition) is 1. The van der Waals surface area contributed by atoms with Crippen LogP contribution in [0.25, 0.3) is 10.9 Å². The highest BCUT2D eigenvalue weighted by Crippen LogP contribution is 2.34. The minimum Gasteiger partial charge on any atom is -0.454 e. The van der Waals surface area contributed by atoms with Crippen LogP contribution in [0.3, 0.4) is 0 Å². The molecule has 0 radical (unpaired) electrons. The monoisotopic (exact) mass is 345 g/mol. The fraction of sp³-hybridized carbons (Fsp3) is 0.238. The molecule has 1 aliphatic carbocycles. The Labute approximate surface area is 151 Å². The summed E-state index contributed by atoms with van der Waals surface area (Å²) < 4.78 is 10.8. The van der Waals surface area contributed by atoms with Crippen molar-refractivity contribution < 1.29 is 9.47 Å². The van der Waals surface area contributed by atoms with Crippen molar-refractivity contribution in [2.45, 2.75) is 25.7 Å². The van der Waals surface area contributed by atoms with Crippen molar-refractivity contribution in [3.63, 3.8) is 0 Å². The molecule has 0 spiro atoms. The van der Waals surface area contributed by atoms with Crippen molar-refractivity contribution in [3.8, 4) is 11.5 Å². The number of para-hydroxylation sites is 1. The van der Waals surface area contributed by atoms with Crippen LogP contribution >= 0.6 is 0 Å². The molecule has 5 rings (SSSR count). The van der Waals surface area contributed by atoms with Gasteiger partial charge in [0, 0.05) is 11.1 Å². The third kappa shape index (κ3) is 2.65. The molecular formula is C21H19N3O2. The van der Waals surface area contributed by atoms with E-state index in [0.29, 0.717) is 0 Å². The SMILES string of the molecule is C(=N\Nc1c2c(nc3ccccc13)CCCC2)/c1ccc2c(c1)OCO2. The first-order valence-corrected chi connectivity index (χ1v) is 8.98. The number of fused-ring (bicyclic) bond motifs is 3. The van der Waals surface area contributed by atoms with Gasteiger partial charge in [-0.1, -0.05) is 18.2 Å². The van der Waals surface area contributed by atoms with Gasteiger partial charge in [0.15, 0.2) is 11.5 Å². The molecule has 2 aromatic carbocycles. The Hall–Kier alpha value is -3.08. The van der Waals surface area contributed by atoms with Gasteiger partial charge >= 0.3 is 0 Å². The molecule has 26 heavy (non-hydrogen) atoms. The van der Waals surface area contributed by atoms with E-state index in [9.17, 15) is 0 Å². The average Bonchev–Trinajstić information content (AvgIpc) is 3.15. The van der Waals surface area contributed by atoms with Gasteiger partial charge in [0.05, 0.1) is 17.4 Å².